The van der Waals surface area contributed by atoms with E-state index < -0.39 is 0 Å². The Morgan fingerprint density at radius 1 is 1.24 bits per heavy atom. The van der Waals surface area contributed by atoms with Crippen molar-refractivity contribution < 1.29 is 13.9 Å². The van der Waals surface area contributed by atoms with E-state index in [2.05, 4.69) is 25.2 Å². The van der Waals surface area contributed by atoms with Crippen molar-refractivity contribution in [2.45, 2.75) is 20.4 Å². The third-order valence-electron chi connectivity index (χ3n) is 4.16. The number of oxazole rings is 1. The highest BCUT2D eigenvalue weighted by molar-refractivity contribution is 5.88. The van der Waals surface area contributed by atoms with Crippen LogP contribution in [0.3, 0.4) is 0 Å². The maximum atomic E-state index is 12.3. The van der Waals surface area contributed by atoms with Crippen LogP contribution < -0.4 is 10.1 Å². The van der Waals surface area contributed by atoms with Crippen molar-refractivity contribution in [3.63, 3.8) is 0 Å². The van der Waals surface area contributed by atoms with E-state index in [1.165, 1.54) is 19.5 Å². The summed E-state index contributed by atoms with van der Waals surface area (Å²) in [6.07, 6.45) is 2.94. The lowest BCUT2D eigenvalue weighted by Gasteiger charge is -2.33. The van der Waals surface area contributed by atoms with E-state index in [4.69, 9.17) is 9.15 Å². The average Bonchev–Trinajstić information content (AvgIpc) is 2.93. The highest BCUT2D eigenvalue weighted by atomic mass is 16.5. The maximum Gasteiger partial charge on any atom is 0.323 e. The number of aryl methyl sites for hydroxylation is 2. The molecule has 1 fully saturated rings. The first kappa shape index (κ1) is 17.2. The number of hydrogen-bond donors (Lipinski definition) is 1. The molecule has 2 aromatic heterocycles. The second kappa shape index (κ2) is 7.47. The molecule has 25 heavy (non-hydrogen) atoms. The molecular weight excluding hydrogens is 324 g/mol. The van der Waals surface area contributed by atoms with E-state index >= 15 is 0 Å². The van der Waals surface area contributed by atoms with Crippen molar-refractivity contribution in [1.29, 1.82) is 0 Å². The molecule has 9 heteroatoms. The molecule has 1 saturated heterocycles. The summed E-state index contributed by atoms with van der Waals surface area (Å²) >= 11 is 0. The summed E-state index contributed by atoms with van der Waals surface area (Å²) in [6.45, 7) is 7.31. The molecule has 0 aromatic carbocycles. The Morgan fingerprint density at radius 2 is 2.00 bits per heavy atom. The topological polar surface area (TPSA) is 96.6 Å². The van der Waals surface area contributed by atoms with Crippen LogP contribution in [0.25, 0.3) is 0 Å². The first-order valence-electron chi connectivity index (χ1n) is 8.12. The number of carbonyl (C=O) groups is 1. The first-order valence-corrected chi connectivity index (χ1v) is 8.12. The lowest BCUT2D eigenvalue weighted by molar-refractivity contribution is 0.135. The number of aromatic nitrogens is 3. The van der Waals surface area contributed by atoms with E-state index in [0.717, 1.165) is 30.4 Å². The zero-order chi connectivity index (χ0) is 17.8. The van der Waals surface area contributed by atoms with Crippen LogP contribution in [0.1, 0.15) is 17.3 Å². The molecule has 0 spiro atoms. The monoisotopic (exact) mass is 346 g/mol. The number of methoxy groups -OCH3 is 1. The van der Waals surface area contributed by atoms with Gasteiger partial charge in [0.15, 0.2) is 5.82 Å². The van der Waals surface area contributed by atoms with Crippen LogP contribution in [0.15, 0.2) is 16.8 Å². The zero-order valence-electron chi connectivity index (χ0n) is 14.7. The average molecular weight is 346 g/mol. The Kier molecular flexibility index (Phi) is 5.13. The summed E-state index contributed by atoms with van der Waals surface area (Å²) in [7, 11) is 1.52. The fraction of sp³-hybridized carbons (Fsp3) is 0.500. The van der Waals surface area contributed by atoms with Crippen molar-refractivity contribution in [1.82, 2.24) is 24.8 Å². The van der Waals surface area contributed by atoms with Gasteiger partial charge in [0.1, 0.15) is 5.76 Å². The molecule has 9 nitrogen and oxygen atoms in total. The van der Waals surface area contributed by atoms with Crippen molar-refractivity contribution >= 4 is 11.8 Å². The fourth-order valence-electron chi connectivity index (χ4n) is 2.58. The molecule has 3 heterocycles. The van der Waals surface area contributed by atoms with Gasteiger partial charge in [-0.05, 0) is 13.8 Å². The minimum atomic E-state index is -0.179. The number of urea groups is 1. The van der Waals surface area contributed by atoms with Crippen molar-refractivity contribution in [2.24, 2.45) is 0 Å². The van der Waals surface area contributed by atoms with Gasteiger partial charge in [0.25, 0.3) is 0 Å². The summed E-state index contributed by atoms with van der Waals surface area (Å²) in [5.41, 5.74) is 0.925. The van der Waals surface area contributed by atoms with E-state index in [1.54, 1.807) is 4.90 Å². The molecule has 0 saturated carbocycles. The Balaban J connectivity index is 1.48. The van der Waals surface area contributed by atoms with Crippen molar-refractivity contribution in [2.75, 3.05) is 38.6 Å². The first-order chi connectivity index (χ1) is 12.0. The minimum Gasteiger partial charge on any atom is -0.480 e. The summed E-state index contributed by atoms with van der Waals surface area (Å²) in [5, 5.41) is 2.75. The SMILES string of the molecule is COc1cnc(NC(=O)N2CCN(Cc3nc(C)c(C)o3)CC2)cn1. The molecule has 3 rings (SSSR count). The number of nitrogens with one attached hydrogen (secondary N) is 1. The van der Waals surface area contributed by atoms with E-state index in [1.807, 2.05) is 13.8 Å². The van der Waals surface area contributed by atoms with Gasteiger partial charge < -0.3 is 14.1 Å². The number of amides is 2. The van der Waals surface area contributed by atoms with E-state index in [0.29, 0.717) is 31.3 Å². The number of anilines is 1. The summed E-state index contributed by atoms with van der Waals surface area (Å²) in [5.74, 6) is 2.39. The van der Waals surface area contributed by atoms with Gasteiger partial charge in [-0.25, -0.2) is 19.7 Å². The molecule has 1 N–H and O–H groups in total. The highest BCUT2D eigenvalue weighted by Gasteiger charge is 2.22. The summed E-state index contributed by atoms with van der Waals surface area (Å²) < 4.78 is 10.6. The van der Waals surface area contributed by atoms with E-state index in [-0.39, 0.29) is 6.03 Å². The van der Waals surface area contributed by atoms with Gasteiger partial charge in [0, 0.05) is 26.2 Å². The third-order valence-corrected chi connectivity index (χ3v) is 4.16. The largest absolute Gasteiger partial charge is 0.480 e. The van der Waals surface area contributed by atoms with Gasteiger partial charge in [-0.3, -0.25) is 10.2 Å². The Hall–Kier alpha value is -2.68. The van der Waals surface area contributed by atoms with Crippen LogP contribution in [0.5, 0.6) is 5.88 Å². The van der Waals surface area contributed by atoms with Gasteiger partial charge in [-0.15, -0.1) is 0 Å². The van der Waals surface area contributed by atoms with E-state index in [9.17, 15) is 4.79 Å². The molecule has 0 atom stereocenters. The highest BCUT2D eigenvalue weighted by Crippen LogP contribution is 2.13. The predicted molar refractivity (Wildman–Crippen MR) is 90.4 cm³/mol. The second-order valence-corrected chi connectivity index (χ2v) is 5.89. The fourth-order valence-corrected chi connectivity index (χ4v) is 2.58. The molecule has 0 bridgehead atoms. The molecule has 0 unspecified atom stereocenters. The molecule has 0 aliphatic carbocycles. The number of rotatable bonds is 4. The summed E-state index contributed by atoms with van der Waals surface area (Å²) in [6, 6.07) is -0.179. The number of hydrogen-bond acceptors (Lipinski definition) is 7. The number of piperazine rings is 1. The lowest BCUT2D eigenvalue weighted by Crippen LogP contribution is -2.49. The molecular formula is C16H22N6O3. The molecule has 2 aromatic rings. The van der Waals surface area contributed by atoms with Gasteiger partial charge in [0.2, 0.25) is 11.8 Å². The van der Waals surface area contributed by atoms with Crippen molar-refractivity contribution in [3.8, 4) is 5.88 Å². The van der Waals surface area contributed by atoms with Gasteiger partial charge >= 0.3 is 6.03 Å². The normalized spacial score (nSPS) is 15.2. The van der Waals surface area contributed by atoms with Gasteiger partial charge in [-0.2, -0.15) is 0 Å². The van der Waals surface area contributed by atoms with Crippen LogP contribution in [0.4, 0.5) is 10.6 Å². The number of nitrogens with zero attached hydrogens (tertiary/aromatic N) is 5. The third kappa shape index (κ3) is 4.24. The van der Waals surface area contributed by atoms with Crippen LogP contribution in [-0.2, 0) is 6.54 Å². The van der Waals surface area contributed by atoms with Crippen LogP contribution in [0, 0.1) is 13.8 Å². The maximum absolute atomic E-state index is 12.3. The minimum absolute atomic E-state index is 0.179. The molecule has 2 amide bonds. The Bertz CT molecular complexity index is 702. The lowest BCUT2D eigenvalue weighted by atomic mass is 10.3. The second-order valence-electron chi connectivity index (χ2n) is 5.89. The molecule has 134 valence electrons. The van der Waals surface area contributed by atoms with Crippen LogP contribution in [-0.4, -0.2) is 64.1 Å². The zero-order valence-corrected chi connectivity index (χ0v) is 14.7. The van der Waals surface area contributed by atoms with Crippen molar-refractivity contribution in [3.05, 3.63) is 29.7 Å². The number of ether oxygens (including phenoxy) is 1. The Labute approximate surface area is 146 Å². The molecule has 0 radical (unpaired) electrons. The van der Waals surface area contributed by atoms with Gasteiger partial charge in [0.05, 0.1) is 31.7 Å². The standard InChI is InChI=1S/C16H22N6O3/c1-11-12(2)25-15(19-11)10-21-4-6-22(7-5-21)16(23)20-13-8-18-14(24-3)9-17-13/h8-9H,4-7,10H2,1-3H3,(H,17,20,23). The number of carbonyl (C=O) groups excluding carboxylic acids is 1. The predicted octanol–water partition coefficient (Wildman–Crippen LogP) is 1.44. The Morgan fingerprint density at radius 3 is 2.56 bits per heavy atom. The molecule has 1 aliphatic rings. The van der Waals surface area contributed by atoms with Gasteiger partial charge in [-0.1, -0.05) is 0 Å². The summed E-state index contributed by atoms with van der Waals surface area (Å²) in [4.78, 5) is 28.8. The smallest absolute Gasteiger partial charge is 0.323 e. The quantitative estimate of drug-likeness (QED) is 0.894. The molecule has 1 aliphatic heterocycles. The van der Waals surface area contributed by atoms with Crippen LogP contribution >= 0.6 is 0 Å². The van der Waals surface area contributed by atoms with Crippen LogP contribution in [0.2, 0.25) is 0 Å².